The van der Waals surface area contributed by atoms with E-state index in [1.165, 1.54) is 16.4 Å². The highest BCUT2D eigenvalue weighted by Crippen LogP contribution is 2.32. The predicted octanol–water partition coefficient (Wildman–Crippen LogP) is 3.75. The molecule has 0 unspecified atom stereocenters. The van der Waals surface area contributed by atoms with Gasteiger partial charge in [0, 0.05) is 12.2 Å². The Kier molecular flexibility index (Phi) is 5.29. The molecule has 1 atom stereocenters. The molecule has 1 saturated heterocycles. The number of sulfonamides is 1. The first kappa shape index (κ1) is 18.5. The summed E-state index contributed by atoms with van der Waals surface area (Å²) in [6.07, 6.45) is 1.04. The van der Waals surface area contributed by atoms with Gasteiger partial charge in [0.1, 0.15) is 16.1 Å². The van der Waals surface area contributed by atoms with Gasteiger partial charge < -0.3 is 5.32 Å². The fourth-order valence-corrected chi connectivity index (χ4v) is 6.53. The van der Waals surface area contributed by atoms with Crippen LogP contribution in [0.3, 0.4) is 0 Å². The molecule has 1 aromatic heterocycles. The van der Waals surface area contributed by atoms with Crippen LogP contribution in [0, 0.1) is 12.7 Å². The molecule has 25 heavy (non-hydrogen) atoms. The van der Waals surface area contributed by atoms with Crippen LogP contribution in [-0.2, 0) is 14.8 Å². The second kappa shape index (κ2) is 7.14. The van der Waals surface area contributed by atoms with Gasteiger partial charge in [-0.3, -0.25) is 4.79 Å². The topological polar surface area (TPSA) is 66.5 Å². The van der Waals surface area contributed by atoms with Crippen molar-refractivity contribution in [3.8, 4) is 0 Å². The molecule has 134 valence electrons. The Labute approximate surface area is 158 Å². The van der Waals surface area contributed by atoms with Crippen LogP contribution in [-0.4, -0.2) is 31.2 Å². The number of hydrogen-bond acceptors (Lipinski definition) is 4. The van der Waals surface area contributed by atoms with Gasteiger partial charge in [0.2, 0.25) is 5.91 Å². The van der Waals surface area contributed by atoms with Crippen molar-refractivity contribution in [3.63, 3.8) is 0 Å². The summed E-state index contributed by atoms with van der Waals surface area (Å²) < 4.78 is 41.3. The van der Waals surface area contributed by atoms with E-state index < -0.39 is 27.8 Å². The van der Waals surface area contributed by atoms with Gasteiger partial charge in [-0.25, -0.2) is 12.8 Å². The molecule has 1 N–H and O–H groups in total. The molecule has 2 heterocycles. The number of amides is 1. The number of aryl methyl sites for hydroxylation is 1. The third kappa shape index (κ3) is 3.79. The minimum atomic E-state index is -3.73. The quantitative estimate of drug-likeness (QED) is 0.777. The number of anilines is 1. The van der Waals surface area contributed by atoms with Crippen molar-refractivity contribution in [2.45, 2.75) is 30.0 Å². The minimum absolute atomic E-state index is 0.195. The lowest BCUT2D eigenvalue weighted by Crippen LogP contribution is -2.42. The van der Waals surface area contributed by atoms with Crippen LogP contribution in [0.4, 0.5) is 10.1 Å². The van der Waals surface area contributed by atoms with Crippen LogP contribution in [0.1, 0.15) is 18.4 Å². The maximum absolute atomic E-state index is 13.6. The zero-order valence-corrected chi connectivity index (χ0v) is 16.5. The number of carbonyl (C=O) groups excluding carboxylic acids is 1. The van der Waals surface area contributed by atoms with E-state index in [4.69, 9.17) is 0 Å². The van der Waals surface area contributed by atoms with Crippen LogP contribution in [0.5, 0.6) is 0 Å². The lowest BCUT2D eigenvalue weighted by atomic mass is 10.2. The monoisotopic (exact) mass is 446 g/mol. The molecule has 0 aliphatic carbocycles. The van der Waals surface area contributed by atoms with Crippen molar-refractivity contribution in [3.05, 3.63) is 45.5 Å². The lowest BCUT2D eigenvalue weighted by Gasteiger charge is -2.22. The molecule has 1 aromatic carbocycles. The number of halogens is 2. The van der Waals surface area contributed by atoms with Crippen molar-refractivity contribution >= 4 is 48.9 Å². The van der Waals surface area contributed by atoms with Crippen molar-refractivity contribution in [2.24, 2.45) is 0 Å². The summed E-state index contributed by atoms with van der Waals surface area (Å²) in [6.45, 7) is 1.92. The highest BCUT2D eigenvalue weighted by molar-refractivity contribution is 9.11. The molecule has 2 aromatic rings. The standard InChI is InChI=1S/C16H16BrFN2O3S2/c1-10-4-5-11(9-12(10)18)19-16(21)13-3-2-8-20(13)25(22,23)15-7-6-14(17)24-15/h4-7,9,13H,2-3,8H2,1H3,(H,19,21)/t13-/m1/s1. The fourth-order valence-electron chi connectivity index (χ4n) is 2.74. The first-order valence-electron chi connectivity index (χ1n) is 7.63. The highest BCUT2D eigenvalue weighted by atomic mass is 79.9. The second-order valence-corrected chi connectivity index (χ2v) is 10.4. The maximum atomic E-state index is 13.6. The number of thiophene rings is 1. The number of carbonyl (C=O) groups is 1. The Bertz CT molecular complexity index is 914. The Balaban J connectivity index is 1.81. The van der Waals surface area contributed by atoms with Crippen LogP contribution in [0.25, 0.3) is 0 Å². The van der Waals surface area contributed by atoms with Gasteiger partial charge >= 0.3 is 0 Å². The van der Waals surface area contributed by atoms with Gasteiger partial charge in [-0.1, -0.05) is 6.07 Å². The van der Waals surface area contributed by atoms with E-state index in [1.807, 2.05) is 0 Å². The number of rotatable bonds is 4. The van der Waals surface area contributed by atoms with E-state index in [0.717, 1.165) is 11.3 Å². The second-order valence-electron chi connectivity index (χ2n) is 5.79. The Hall–Kier alpha value is -1.29. The first-order valence-corrected chi connectivity index (χ1v) is 10.7. The molecule has 1 fully saturated rings. The van der Waals surface area contributed by atoms with E-state index in [1.54, 1.807) is 25.1 Å². The van der Waals surface area contributed by atoms with Crippen LogP contribution < -0.4 is 5.32 Å². The Morgan fingerprint density at radius 3 is 2.76 bits per heavy atom. The smallest absolute Gasteiger partial charge is 0.253 e. The van der Waals surface area contributed by atoms with Gasteiger partial charge in [0.05, 0.1) is 3.79 Å². The van der Waals surface area contributed by atoms with E-state index in [9.17, 15) is 17.6 Å². The van der Waals surface area contributed by atoms with Crippen LogP contribution >= 0.6 is 27.3 Å². The fraction of sp³-hybridized carbons (Fsp3) is 0.312. The minimum Gasteiger partial charge on any atom is -0.325 e. The van der Waals surface area contributed by atoms with Crippen LogP contribution in [0.2, 0.25) is 0 Å². The highest BCUT2D eigenvalue weighted by Gasteiger charge is 2.40. The summed E-state index contributed by atoms with van der Waals surface area (Å²) >= 11 is 4.36. The van der Waals surface area contributed by atoms with E-state index in [-0.39, 0.29) is 10.8 Å². The third-order valence-electron chi connectivity index (χ3n) is 4.06. The van der Waals surface area contributed by atoms with Crippen LogP contribution in [0.15, 0.2) is 38.3 Å². The normalized spacial score (nSPS) is 18.4. The van der Waals surface area contributed by atoms with Gasteiger partial charge in [0.15, 0.2) is 0 Å². The summed E-state index contributed by atoms with van der Waals surface area (Å²) in [5.74, 6) is -0.864. The maximum Gasteiger partial charge on any atom is 0.253 e. The summed E-state index contributed by atoms with van der Waals surface area (Å²) in [5, 5.41) is 2.62. The van der Waals surface area contributed by atoms with Gasteiger partial charge in [-0.2, -0.15) is 4.31 Å². The summed E-state index contributed by atoms with van der Waals surface area (Å²) in [6, 6.07) is 6.79. The third-order valence-corrected chi connectivity index (χ3v) is 8.06. The van der Waals surface area contributed by atoms with E-state index in [2.05, 4.69) is 21.2 Å². The van der Waals surface area contributed by atoms with Gasteiger partial charge in [-0.15, -0.1) is 11.3 Å². The molecule has 5 nitrogen and oxygen atoms in total. The molecule has 0 spiro atoms. The molecule has 1 aliphatic heterocycles. The summed E-state index contributed by atoms with van der Waals surface area (Å²) in [5.41, 5.74) is 0.794. The first-order chi connectivity index (χ1) is 11.8. The Morgan fingerprint density at radius 2 is 2.12 bits per heavy atom. The zero-order valence-electron chi connectivity index (χ0n) is 13.3. The molecular weight excluding hydrogens is 431 g/mol. The molecule has 0 bridgehead atoms. The SMILES string of the molecule is Cc1ccc(NC(=O)[C@H]2CCCN2S(=O)(=O)c2ccc(Br)s2)cc1F. The van der Waals surface area contributed by atoms with Crippen molar-refractivity contribution in [1.29, 1.82) is 0 Å². The molecule has 1 amide bonds. The molecule has 0 radical (unpaired) electrons. The molecule has 1 aliphatic rings. The van der Waals surface area contributed by atoms with Crippen molar-refractivity contribution in [2.75, 3.05) is 11.9 Å². The van der Waals surface area contributed by atoms with E-state index >= 15 is 0 Å². The number of benzene rings is 1. The Morgan fingerprint density at radius 1 is 1.36 bits per heavy atom. The number of hydrogen-bond donors (Lipinski definition) is 1. The molecular formula is C16H16BrFN2O3S2. The predicted molar refractivity (Wildman–Crippen MR) is 98.7 cm³/mol. The summed E-state index contributed by atoms with van der Waals surface area (Å²) in [4.78, 5) is 12.6. The lowest BCUT2D eigenvalue weighted by molar-refractivity contribution is -0.119. The van der Waals surface area contributed by atoms with Crippen molar-refractivity contribution in [1.82, 2.24) is 4.31 Å². The number of nitrogens with one attached hydrogen (secondary N) is 1. The molecule has 3 rings (SSSR count). The van der Waals surface area contributed by atoms with Gasteiger partial charge in [0.25, 0.3) is 10.0 Å². The average molecular weight is 447 g/mol. The molecule has 9 heteroatoms. The van der Waals surface area contributed by atoms with Crippen molar-refractivity contribution < 1.29 is 17.6 Å². The van der Waals surface area contributed by atoms with E-state index in [0.29, 0.717) is 27.9 Å². The van der Waals surface area contributed by atoms with Gasteiger partial charge in [-0.05, 0) is 65.5 Å². The summed E-state index contributed by atoms with van der Waals surface area (Å²) in [7, 11) is -3.73. The average Bonchev–Trinajstić information content (AvgIpc) is 3.20. The largest absolute Gasteiger partial charge is 0.325 e. The molecule has 0 saturated carbocycles. The number of nitrogens with zero attached hydrogens (tertiary/aromatic N) is 1. The zero-order chi connectivity index (χ0) is 18.2.